The number of hydrogen-bond donors (Lipinski definition) is 5. The third kappa shape index (κ3) is 11.3. The number of unbranched alkanes of at least 4 members (excludes halogenated alkanes) is 4. The van der Waals surface area contributed by atoms with Crippen molar-refractivity contribution >= 4 is 7.82 Å². The lowest BCUT2D eigenvalue weighted by Crippen LogP contribution is -2.48. The molecule has 0 aliphatic carbocycles. The van der Waals surface area contributed by atoms with Gasteiger partial charge in [0.2, 0.25) is 0 Å². The van der Waals surface area contributed by atoms with Gasteiger partial charge in [0, 0.05) is 0 Å². The number of ether oxygens (including phenoxy) is 1. The van der Waals surface area contributed by atoms with Gasteiger partial charge < -0.3 is 29.8 Å². The van der Waals surface area contributed by atoms with E-state index in [4.69, 9.17) is 14.5 Å². The van der Waals surface area contributed by atoms with Crippen molar-refractivity contribution in [3.63, 3.8) is 0 Å². The first-order valence-corrected chi connectivity index (χ1v) is 10.5. The van der Waals surface area contributed by atoms with Crippen molar-refractivity contribution in [1.82, 2.24) is 0 Å². The molecule has 0 aromatic carbocycles. The van der Waals surface area contributed by atoms with Crippen LogP contribution in [0.1, 0.15) is 65.2 Å². The Morgan fingerprint density at radius 3 is 1.88 bits per heavy atom. The molecule has 25 heavy (non-hydrogen) atoms. The van der Waals surface area contributed by atoms with Crippen LogP contribution in [0, 0.1) is 0 Å². The highest BCUT2D eigenvalue weighted by Gasteiger charge is 2.38. The molecule has 0 radical (unpaired) electrons. The predicted octanol–water partition coefficient (Wildman–Crippen LogP) is 1.73. The Bertz CT molecular complexity index is 363. The van der Waals surface area contributed by atoms with Crippen LogP contribution in [0.15, 0.2) is 0 Å². The van der Waals surface area contributed by atoms with Crippen LogP contribution >= 0.6 is 7.82 Å². The van der Waals surface area contributed by atoms with Gasteiger partial charge in [-0.25, -0.2) is 4.57 Å². The fraction of sp³-hybridized carbons (Fsp3) is 1.00. The summed E-state index contributed by atoms with van der Waals surface area (Å²) in [6.07, 6.45) is 4.30. The maximum absolute atomic E-state index is 10.7. The molecule has 0 aliphatic rings. The van der Waals surface area contributed by atoms with E-state index in [0.717, 1.165) is 38.5 Å². The molecule has 0 spiro atoms. The Morgan fingerprint density at radius 2 is 1.48 bits per heavy atom. The largest absolute Gasteiger partial charge is 0.469 e. The average Bonchev–Trinajstić information content (AvgIpc) is 2.56. The second kappa shape index (κ2) is 13.2. The van der Waals surface area contributed by atoms with Gasteiger partial charge in [-0.15, -0.1) is 0 Å². The molecule has 0 unspecified atom stereocenters. The molecular weight excluding hydrogens is 351 g/mol. The second-order valence-electron chi connectivity index (χ2n) is 6.43. The van der Waals surface area contributed by atoms with E-state index in [2.05, 4.69) is 18.4 Å². The molecular formula is C16H35O8P. The van der Waals surface area contributed by atoms with Gasteiger partial charge in [-0.1, -0.05) is 52.4 Å². The highest BCUT2D eigenvalue weighted by Crippen LogP contribution is 2.36. The minimum atomic E-state index is -4.66. The molecule has 2 atom stereocenters. The Balaban J connectivity index is 4.88. The van der Waals surface area contributed by atoms with Crippen molar-refractivity contribution in [2.24, 2.45) is 0 Å². The summed E-state index contributed by atoms with van der Waals surface area (Å²) in [4.78, 5) is 17.3. The van der Waals surface area contributed by atoms with Crippen LogP contribution in [0.3, 0.4) is 0 Å². The van der Waals surface area contributed by atoms with Crippen molar-refractivity contribution in [3.8, 4) is 0 Å². The summed E-state index contributed by atoms with van der Waals surface area (Å²) >= 11 is 0. The van der Waals surface area contributed by atoms with Gasteiger partial charge in [-0.3, -0.25) is 4.52 Å². The smallest absolute Gasteiger partial charge is 0.394 e. The van der Waals surface area contributed by atoms with E-state index in [1.807, 2.05) is 0 Å². The monoisotopic (exact) mass is 386 g/mol. The van der Waals surface area contributed by atoms with Gasteiger partial charge in [0.05, 0.1) is 25.4 Å². The average molecular weight is 386 g/mol. The quantitative estimate of drug-likeness (QED) is 0.200. The lowest BCUT2D eigenvalue weighted by molar-refractivity contribution is -0.164. The van der Waals surface area contributed by atoms with Crippen molar-refractivity contribution in [3.05, 3.63) is 0 Å². The van der Waals surface area contributed by atoms with E-state index >= 15 is 0 Å². The predicted molar refractivity (Wildman–Crippen MR) is 94.1 cm³/mol. The van der Waals surface area contributed by atoms with Crippen LogP contribution < -0.4 is 0 Å². The molecule has 0 fully saturated rings. The zero-order chi connectivity index (χ0) is 19.3. The highest BCUT2D eigenvalue weighted by atomic mass is 31.2. The lowest BCUT2D eigenvalue weighted by atomic mass is 9.85. The molecule has 0 rings (SSSR count). The molecule has 152 valence electrons. The lowest BCUT2D eigenvalue weighted by Gasteiger charge is -2.38. The van der Waals surface area contributed by atoms with Crippen molar-refractivity contribution in [2.45, 2.75) is 83.0 Å². The second-order valence-corrected chi connectivity index (χ2v) is 7.67. The van der Waals surface area contributed by atoms with Crippen molar-refractivity contribution in [2.75, 3.05) is 19.8 Å². The molecule has 0 heterocycles. The van der Waals surface area contributed by atoms with Crippen LogP contribution in [-0.4, -0.2) is 62.7 Å². The van der Waals surface area contributed by atoms with E-state index < -0.39 is 38.8 Å². The maximum atomic E-state index is 10.7. The first kappa shape index (κ1) is 24.9. The Labute approximate surface area is 150 Å². The number of hydrogen-bond acceptors (Lipinski definition) is 6. The Hall–Kier alpha value is -0.0500. The van der Waals surface area contributed by atoms with Gasteiger partial charge in [0.15, 0.2) is 0 Å². The number of phosphoric acid groups is 1. The molecule has 0 saturated carbocycles. The molecule has 0 amide bonds. The first-order valence-electron chi connectivity index (χ1n) is 9.01. The van der Waals surface area contributed by atoms with Crippen LogP contribution in [0.2, 0.25) is 0 Å². The van der Waals surface area contributed by atoms with Gasteiger partial charge in [0.1, 0.15) is 12.2 Å². The SMILES string of the molecule is CCCCCC(CCCCC)(OC[C@@H](O)COP(=O)(O)O)[C@@H](O)CO. The third-order valence-electron chi connectivity index (χ3n) is 4.19. The van der Waals surface area contributed by atoms with E-state index in [0.29, 0.717) is 12.8 Å². The summed E-state index contributed by atoms with van der Waals surface area (Å²) < 4.78 is 20.8. The molecule has 0 aromatic heterocycles. The fourth-order valence-electron chi connectivity index (χ4n) is 2.71. The van der Waals surface area contributed by atoms with E-state index in [1.54, 1.807) is 0 Å². The Morgan fingerprint density at radius 1 is 0.960 bits per heavy atom. The molecule has 0 saturated heterocycles. The standard InChI is InChI=1S/C16H35O8P/c1-3-5-7-9-16(15(19)11-17,10-8-6-4-2)23-12-14(18)13-24-25(20,21)22/h14-15,17-19H,3-13H2,1-2H3,(H2,20,21,22)/t14-,15+/m1/s1. The van der Waals surface area contributed by atoms with Gasteiger partial charge in [0.25, 0.3) is 0 Å². The van der Waals surface area contributed by atoms with Crippen LogP contribution in [0.25, 0.3) is 0 Å². The third-order valence-corrected chi connectivity index (χ3v) is 4.67. The molecule has 9 heteroatoms. The topological polar surface area (TPSA) is 137 Å². The highest BCUT2D eigenvalue weighted by molar-refractivity contribution is 7.46. The summed E-state index contributed by atoms with van der Waals surface area (Å²) in [7, 11) is -4.66. The van der Waals surface area contributed by atoms with Crippen LogP contribution in [0.5, 0.6) is 0 Å². The van der Waals surface area contributed by atoms with Crippen molar-refractivity contribution < 1.29 is 38.9 Å². The van der Waals surface area contributed by atoms with E-state index in [1.165, 1.54) is 0 Å². The molecule has 5 N–H and O–H groups in total. The van der Waals surface area contributed by atoms with E-state index in [9.17, 15) is 19.9 Å². The Kier molecular flexibility index (Phi) is 13.1. The summed E-state index contributed by atoms with van der Waals surface area (Å²) in [5.74, 6) is 0. The summed E-state index contributed by atoms with van der Waals surface area (Å²) in [5, 5.41) is 29.6. The summed E-state index contributed by atoms with van der Waals surface area (Å²) in [6.45, 7) is 2.86. The minimum Gasteiger partial charge on any atom is -0.394 e. The maximum Gasteiger partial charge on any atom is 0.469 e. The minimum absolute atomic E-state index is 0.241. The normalized spacial score (nSPS) is 15.3. The van der Waals surface area contributed by atoms with Crippen LogP contribution in [0.4, 0.5) is 0 Å². The zero-order valence-electron chi connectivity index (χ0n) is 15.3. The molecule has 0 aliphatic heterocycles. The number of phosphoric ester groups is 1. The van der Waals surface area contributed by atoms with E-state index in [-0.39, 0.29) is 6.61 Å². The van der Waals surface area contributed by atoms with Gasteiger partial charge >= 0.3 is 7.82 Å². The number of rotatable bonds is 16. The number of aliphatic hydroxyl groups is 3. The summed E-state index contributed by atoms with van der Waals surface area (Å²) in [6, 6.07) is 0. The van der Waals surface area contributed by atoms with Crippen LogP contribution in [-0.2, 0) is 13.8 Å². The molecule has 0 bridgehead atoms. The number of aliphatic hydroxyl groups excluding tert-OH is 3. The van der Waals surface area contributed by atoms with Crippen molar-refractivity contribution in [1.29, 1.82) is 0 Å². The molecule has 0 aromatic rings. The zero-order valence-corrected chi connectivity index (χ0v) is 16.2. The van der Waals surface area contributed by atoms with Gasteiger partial charge in [-0.2, -0.15) is 0 Å². The fourth-order valence-corrected chi connectivity index (χ4v) is 3.07. The first-order chi connectivity index (χ1) is 11.7. The summed E-state index contributed by atoms with van der Waals surface area (Å²) in [5.41, 5.74) is -0.984. The van der Waals surface area contributed by atoms with Gasteiger partial charge in [-0.05, 0) is 12.8 Å². The molecule has 8 nitrogen and oxygen atoms in total.